The average Bonchev–Trinajstić information content (AvgIpc) is 2.41. The molecular formula is C15H23N3S. The van der Waals surface area contributed by atoms with Crippen LogP contribution in [0.1, 0.15) is 24.8 Å². The molecule has 1 saturated heterocycles. The lowest BCUT2D eigenvalue weighted by molar-refractivity contribution is 0.215. The second-order valence-electron chi connectivity index (χ2n) is 5.40. The summed E-state index contributed by atoms with van der Waals surface area (Å²) in [7, 11) is 2.21. The summed E-state index contributed by atoms with van der Waals surface area (Å²) in [5, 5.41) is 3.47. The van der Waals surface area contributed by atoms with E-state index in [1.54, 1.807) is 0 Å². The zero-order chi connectivity index (χ0) is 13.7. The number of piperidine rings is 1. The Morgan fingerprint density at radius 3 is 2.53 bits per heavy atom. The Balaban J connectivity index is 1.72. The van der Waals surface area contributed by atoms with Crippen LogP contribution < -0.4 is 11.1 Å². The summed E-state index contributed by atoms with van der Waals surface area (Å²) in [4.78, 5) is 2.87. The van der Waals surface area contributed by atoms with Crippen LogP contribution in [0, 0.1) is 5.92 Å². The van der Waals surface area contributed by atoms with Gasteiger partial charge in [0.2, 0.25) is 0 Å². The van der Waals surface area contributed by atoms with E-state index in [4.69, 9.17) is 18.0 Å². The van der Waals surface area contributed by atoms with Crippen LogP contribution in [0.15, 0.2) is 24.3 Å². The van der Waals surface area contributed by atoms with Crippen molar-refractivity contribution in [2.24, 2.45) is 11.7 Å². The molecule has 0 atom stereocenters. The number of hydrogen-bond acceptors (Lipinski definition) is 3. The van der Waals surface area contributed by atoms with Gasteiger partial charge >= 0.3 is 0 Å². The molecule has 2 rings (SSSR count). The van der Waals surface area contributed by atoms with Gasteiger partial charge in [0.1, 0.15) is 4.99 Å². The first-order valence-corrected chi connectivity index (χ1v) is 7.38. The Labute approximate surface area is 121 Å². The Morgan fingerprint density at radius 1 is 1.32 bits per heavy atom. The first kappa shape index (κ1) is 14.3. The second kappa shape index (κ2) is 6.87. The molecular weight excluding hydrogens is 254 g/mol. The predicted octanol–water partition coefficient (Wildman–Crippen LogP) is 2.46. The van der Waals surface area contributed by atoms with Crippen molar-refractivity contribution in [1.82, 2.24) is 4.90 Å². The Kier molecular flexibility index (Phi) is 5.16. The van der Waals surface area contributed by atoms with Gasteiger partial charge in [-0.25, -0.2) is 0 Å². The molecule has 0 saturated carbocycles. The predicted molar refractivity (Wildman–Crippen MR) is 85.7 cm³/mol. The van der Waals surface area contributed by atoms with Gasteiger partial charge in [-0.1, -0.05) is 12.2 Å². The minimum Gasteiger partial charge on any atom is -0.389 e. The first-order chi connectivity index (χ1) is 9.15. The van der Waals surface area contributed by atoms with E-state index >= 15 is 0 Å². The van der Waals surface area contributed by atoms with Gasteiger partial charge in [0, 0.05) is 17.8 Å². The zero-order valence-corrected chi connectivity index (χ0v) is 12.4. The molecule has 0 aromatic heterocycles. The lowest BCUT2D eigenvalue weighted by Crippen LogP contribution is -2.30. The number of nitrogens with zero attached hydrogens (tertiary/aromatic N) is 1. The van der Waals surface area contributed by atoms with Crippen LogP contribution in [0.25, 0.3) is 0 Å². The number of rotatable bonds is 5. The fraction of sp³-hybridized carbons (Fsp3) is 0.533. The van der Waals surface area contributed by atoms with Crippen LogP contribution in [-0.4, -0.2) is 36.6 Å². The minimum atomic E-state index is 0.456. The molecule has 1 aromatic rings. The van der Waals surface area contributed by atoms with Gasteiger partial charge < -0.3 is 16.0 Å². The second-order valence-corrected chi connectivity index (χ2v) is 5.84. The Bertz CT molecular complexity index is 408. The molecule has 1 aliphatic heterocycles. The van der Waals surface area contributed by atoms with Crippen LogP contribution >= 0.6 is 12.2 Å². The van der Waals surface area contributed by atoms with Crippen molar-refractivity contribution in [2.45, 2.75) is 19.3 Å². The van der Waals surface area contributed by atoms with Gasteiger partial charge in [-0.15, -0.1) is 0 Å². The molecule has 4 heteroatoms. The lowest BCUT2D eigenvalue weighted by Gasteiger charge is -2.29. The standard InChI is InChI=1S/C15H23N3S/c1-18-10-7-12(8-11-18)6-9-17-14-4-2-13(3-5-14)15(16)19/h2-5,12,17H,6-11H2,1H3,(H2,16,19). The first-order valence-electron chi connectivity index (χ1n) is 6.97. The molecule has 104 valence electrons. The molecule has 0 spiro atoms. The van der Waals surface area contributed by atoms with Crippen molar-refractivity contribution in [3.8, 4) is 0 Å². The third-order valence-corrected chi connectivity index (χ3v) is 4.12. The fourth-order valence-electron chi connectivity index (χ4n) is 2.52. The average molecular weight is 277 g/mol. The quantitative estimate of drug-likeness (QED) is 0.811. The van der Waals surface area contributed by atoms with E-state index in [1.807, 2.05) is 24.3 Å². The number of nitrogens with one attached hydrogen (secondary N) is 1. The molecule has 1 aliphatic rings. The van der Waals surface area contributed by atoms with Gasteiger partial charge in [0.25, 0.3) is 0 Å². The van der Waals surface area contributed by atoms with E-state index in [1.165, 1.54) is 32.4 Å². The molecule has 0 amide bonds. The van der Waals surface area contributed by atoms with Crippen molar-refractivity contribution in [1.29, 1.82) is 0 Å². The third kappa shape index (κ3) is 4.48. The molecule has 19 heavy (non-hydrogen) atoms. The largest absolute Gasteiger partial charge is 0.389 e. The smallest absolute Gasteiger partial charge is 0.103 e. The molecule has 0 aliphatic carbocycles. The summed E-state index contributed by atoms with van der Waals surface area (Å²) in [6.45, 7) is 3.53. The zero-order valence-electron chi connectivity index (χ0n) is 11.6. The molecule has 1 aromatic carbocycles. The SMILES string of the molecule is CN1CCC(CCNc2ccc(C(N)=S)cc2)CC1. The fourth-order valence-corrected chi connectivity index (χ4v) is 2.66. The monoisotopic (exact) mass is 277 g/mol. The summed E-state index contributed by atoms with van der Waals surface area (Å²) in [5.41, 5.74) is 7.65. The minimum absolute atomic E-state index is 0.456. The number of benzene rings is 1. The maximum Gasteiger partial charge on any atom is 0.103 e. The molecule has 1 heterocycles. The van der Waals surface area contributed by atoms with E-state index < -0.39 is 0 Å². The molecule has 0 unspecified atom stereocenters. The number of nitrogens with two attached hydrogens (primary N) is 1. The van der Waals surface area contributed by atoms with Crippen LogP contribution in [0.2, 0.25) is 0 Å². The van der Waals surface area contributed by atoms with Gasteiger partial charge in [0.15, 0.2) is 0 Å². The number of hydrogen-bond donors (Lipinski definition) is 2. The maximum atomic E-state index is 5.58. The number of thiocarbonyl (C=S) groups is 1. The highest BCUT2D eigenvalue weighted by Gasteiger charge is 2.15. The van der Waals surface area contributed by atoms with Crippen molar-refractivity contribution in [3.05, 3.63) is 29.8 Å². The van der Waals surface area contributed by atoms with Gasteiger partial charge in [-0.3, -0.25) is 0 Å². The van der Waals surface area contributed by atoms with Crippen molar-refractivity contribution >= 4 is 22.9 Å². The molecule has 3 nitrogen and oxygen atoms in total. The summed E-state index contributed by atoms with van der Waals surface area (Å²) in [5.74, 6) is 0.875. The highest BCUT2D eigenvalue weighted by atomic mass is 32.1. The van der Waals surface area contributed by atoms with Crippen LogP contribution in [-0.2, 0) is 0 Å². The highest BCUT2D eigenvalue weighted by Crippen LogP contribution is 2.19. The lowest BCUT2D eigenvalue weighted by atomic mass is 9.94. The van der Waals surface area contributed by atoms with E-state index in [9.17, 15) is 0 Å². The van der Waals surface area contributed by atoms with Crippen molar-refractivity contribution in [2.75, 3.05) is 32.0 Å². The van der Waals surface area contributed by atoms with Crippen molar-refractivity contribution < 1.29 is 0 Å². The Morgan fingerprint density at radius 2 is 1.95 bits per heavy atom. The van der Waals surface area contributed by atoms with Crippen LogP contribution in [0.5, 0.6) is 0 Å². The van der Waals surface area contributed by atoms with Gasteiger partial charge in [-0.05, 0) is 69.6 Å². The number of likely N-dealkylation sites (tertiary alicyclic amines) is 1. The van der Waals surface area contributed by atoms with Crippen LogP contribution in [0.4, 0.5) is 5.69 Å². The summed E-state index contributed by atoms with van der Waals surface area (Å²) < 4.78 is 0. The van der Waals surface area contributed by atoms with E-state index in [-0.39, 0.29) is 0 Å². The Hall–Kier alpha value is -1.13. The molecule has 0 radical (unpaired) electrons. The summed E-state index contributed by atoms with van der Waals surface area (Å²) in [6, 6.07) is 8.03. The van der Waals surface area contributed by atoms with E-state index in [0.717, 1.165) is 23.7 Å². The van der Waals surface area contributed by atoms with Gasteiger partial charge in [-0.2, -0.15) is 0 Å². The van der Waals surface area contributed by atoms with Gasteiger partial charge in [0.05, 0.1) is 0 Å². The maximum absolute atomic E-state index is 5.58. The summed E-state index contributed by atoms with van der Waals surface area (Å²) in [6.07, 6.45) is 3.92. The molecule has 0 bridgehead atoms. The number of anilines is 1. The third-order valence-electron chi connectivity index (χ3n) is 3.89. The molecule has 3 N–H and O–H groups in total. The normalized spacial score (nSPS) is 17.3. The summed E-state index contributed by atoms with van der Waals surface area (Å²) >= 11 is 4.94. The highest BCUT2D eigenvalue weighted by molar-refractivity contribution is 7.80. The topological polar surface area (TPSA) is 41.3 Å². The molecule has 1 fully saturated rings. The van der Waals surface area contributed by atoms with E-state index in [0.29, 0.717) is 4.99 Å². The van der Waals surface area contributed by atoms with Crippen LogP contribution in [0.3, 0.4) is 0 Å². The van der Waals surface area contributed by atoms with Crippen molar-refractivity contribution in [3.63, 3.8) is 0 Å². The van der Waals surface area contributed by atoms with E-state index in [2.05, 4.69) is 17.3 Å².